The molecule has 0 aromatic heterocycles. The molecule has 0 N–H and O–H groups in total. The van der Waals surface area contributed by atoms with Crippen molar-refractivity contribution in [3.8, 4) is 17.6 Å². The van der Waals surface area contributed by atoms with Crippen molar-refractivity contribution in [3.05, 3.63) is 70.7 Å². The highest BCUT2D eigenvalue weighted by atomic mass is 35.5. The number of hydrogen-bond donors (Lipinski definition) is 0. The number of carbonyl (C=O) groups excluding carboxylic acids is 1. The van der Waals surface area contributed by atoms with E-state index in [1.807, 2.05) is 50.2 Å². The minimum Gasteiger partial charge on any atom is -0.457 e. The van der Waals surface area contributed by atoms with Crippen LogP contribution in [0, 0.1) is 28.6 Å². The van der Waals surface area contributed by atoms with E-state index in [9.17, 15) is 10.1 Å². The van der Waals surface area contributed by atoms with Crippen LogP contribution in [0.5, 0.6) is 11.5 Å². The summed E-state index contributed by atoms with van der Waals surface area (Å²) in [6.07, 6.45) is 0.615. The van der Waals surface area contributed by atoms with Crippen LogP contribution < -0.4 is 4.74 Å². The molecule has 1 aliphatic carbocycles. The van der Waals surface area contributed by atoms with Crippen molar-refractivity contribution in [2.24, 2.45) is 17.3 Å². The summed E-state index contributed by atoms with van der Waals surface area (Å²) in [6.45, 7) is 3.87. The van der Waals surface area contributed by atoms with Crippen LogP contribution in [0.4, 0.5) is 0 Å². The van der Waals surface area contributed by atoms with Crippen molar-refractivity contribution in [2.75, 3.05) is 0 Å². The molecule has 28 heavy (non-hydrogen) atoms. The highest BCUT2D eigenvalue weighted by Gasteiger charge is 2.62. The van der Waals surface area contributed by atoms with Gasteiger partial charge in [0.05, 0.1) is 5.92 Å². The number of hydrogen-bond acceptors (Lipinski definition) is 4. The molecule has 1 saturated carbocycles. The molecular formula is C22H19Cl2NO3. The topological polar surface area (TPSA) is 59.3 Å². The van der Waals surface area contributed by atoms with Crippen LogP contribution in [0.3, 0.4) is 0 Å². The molecule has 0 heterocycles. The summed E-state index contributed by atoms with van der Waals surface area (Å²) in [5, 5.41) is 9.53. The van der Waals surface area contributed by atoms with Gasteiger partial charge >= 0.3 is 5.97 Å². The minimum atomic E-state index is -1.03. The van der Waals surface area contributed by atoms with Gasteiger partial charge in [-0.2, -0.15) is 5.26 Å². The number of nitriles is 1. The summed E-state index contributed by atoms with van der Waals surface area (Å²) < 4.78 is 11.4. The molecule has 6 heteroatoms. The third kappa shape index (κ3) is 4.49. The van der Waals surface area contributed by atoms with Gasteiger partial charge in [-0.3, -0.25) is 4.79 Å². The Hall–Kier alpha value is -2.48. The maximum absolute atomic E-state index is 12.6. The molecule has 0 amide bonds. The number of carbonyl (C=O) groups is 1. The van der Waals surface area contributed by atoms with Crippen LogP contribution in [-0.4, -0.2) is 5.97 Å². The van der Waals surface area contributed by atoms with Gasteiger partial charge in [-0.25, -0.2) is 0 Å². The summed E-state index contributed by atoms with van der Waals surface area (Å²) in [4.78, 5) is 12.6. The van der Waals surface area contributed by atoms with E-state index in [2.05, 4.69) is 0 Å². The molecule has 0 spiro atoms. The van der Waals surface area contributed by atoms with Gasteiger partial charge in [-0.15, -0.1) is 0 Å². The molecule has 0 aliphatic heterocycles. The smallest absolute Gasteiger partial charge is 0.311 e. The molecule has 2 aromatic carbocycles. The molecule has 1 aliphatic rings. The number of nitrogens with zero attached hydrogens (tertiary/aromatic N) is 1. The second-order valence-corrected chi connectivity index (χ2v) is 8.22. The minimum absolute atomic E-state index is 0.114. The van der Waals surface area contributed by atoms with Gasteiger partial charge in [-0.1, -0.05) is 67.4 Å². The molecule has 0 bridgehead atoms. The highest BCUT2D eigenvalue weighted by molar-refractivity contribution is 6.55. The van der Waals surface area contributed by atoms with Crippen LogP contribution in [0.1, 0.15) is 25.5 Å². The van der Waals surface area contributed by atoms with E-state index in [1.165, 1.54) is 0 Å². The second-order valence-electron chi connectivity index (χ2n) is 7.21. The van der Waals surface area contributed by atoms with E-state index in [1.54, 1.807) is 30.3 Å². The molecule has 2 aromatic rings. The SMILES string of the molecule is CC1(C)[C@H](C=C(Cl)Cl)[C@H]1C(=O)OC(C#N)c1cccc(Oc2ccccc2)c1. The lowest BCUT2D eigenvalue weighted by Gasteiger charge is -2.13. The quantitative estimate of drug-likeness (QED) is 0.528. The van der Waals surface area contributed by atoms with Gasteiger partial charge in [0.15, 0.2) is 0 Å². The monoisotopic (exact) mass is 415 g/mol. The lowest BCUT2D eigenvalue weighted by molar-refractivity contribution is -0.149. The number of benzene rings is 2. The van der Waals surface area contributed by atoms with E-state index < -0.39 is 12.1 Å². The van der Waals surface area contributed by atoms with Gasteiger partial charge in [0.25, 0.3) is 0 Å². The first kappa shape index (κ1) is 20.3. The third-order valence-corrected chi connectivity index (χ3v) is 5.21. The van der Waals surface area contributed by atoms with Crippen molar-refractivity contribution in [3.63, 3.8) is 0 Å². The fraction of sp³-hybridized carbons (Fsp3) is 0.273. The van der Waals surface area contributed by atoms with E-state index >= 15 is 0 Å². The Balaban J connectivity index is 1.72. The van der Waals surface area contributed by atoms with Gasteiger partial charge in [-0.05, 0) is 41.7 Å². The number of para-hydroxylation sites is 1. The Kier molecular flexibility index (Phi) is 5.98. The van der Waals surface area contributed by atoms with E-state index in [-0.39, 0.29) is 21.7 Å². The first-order valence-corrected chi connectivity index (χ1v) is 9.54. The molecule has 1 fully saturated rings. The third-order valence-electron chi connectivity index (χ3n) is 4.96. The van der Waals surface area contributed by atoms with Crippen LogP contribution in [0.2, 0.25) is 0 Å². The summed E-state index contributed by atoms with van der Waals surface area (Å²) in [5.41, 5.74) is 0.231. The fourth-order valence-corrected chi connectivity index (χ4v) is 3.57. The normalized spacial score (nSPS) is 20.4. The first-order valence-electron chi connectivity index (χ1n) is 8.78. The average Bonchev–Trinajstić information content (AvgIpc) is 3.20. The van der Waals surface area contributed by atoms with E-state index in [0.29, 0.717) is 17.1 Å². The zero-order chi connectivity index (χ0) is 20.3. The predicted octanol–water partition coefficient (Wildman–Crippen LogP) is 6.18. The zero-order valence-corrected chi connectivity index (χ0v) is 16.9. The molecule has 1 unspecified atom stereocenters. The fourth-order valence-electron chi connectivity index (χ4n) is 3.30. The van der Waals surface area contributed by atoms with Gasteiger partial charge in [0.2, 0.25) is 6.10 Å². The Morgan fingerprint density at radius 2 is 1.82 bits per heavy atom. The van der Waals surface area contributed by atoms with Crippen LogP contribution >= 0.6 is 23.2 Å². The van der Waals surface area contributed by atoms with Gasteiger partial charge in [0.1, 0.15) is 22.1 Å². The van der Waals surface area contributed by atoms with Crippen molar-refractivity contribution in [1.82, 2.24) is 0 Å². The van der Waals surface area contributed by atoms with Gasteiger partial charge < -0.3 is 9.47 Å². The summed E-state index contributed by atoms with van der Waals surface area (Å²) >= 11 is 11.5. The van der Waals surface area contributed by atoms with E-state index in [0.717, 1.165) is 0 Å². The number of allylic oxidation sites excluding steroid dienone is 1. The largest absolute Gasteiger partial charge is 0.457 e. The first-order chi connectivity index (χ1) is 13.3. The molecule has 144 valence electrons. The second kappa shape index (κ2) is 8.26. The summed E-state index contributed by atoms with van der Waals surface area (Å²) in [5.74, 6) is 0.289. The number of rotatable bonds is 6. The van der Waals surface area contributed by atoms with Crippen LogP contribution in [0.15, 0.2) is 65.2 Å². The van der Waals surface area contributed by atoms with Crippen LogP contribution in [-0.2, 0) is 9.53 Å². The molecule has 3 rings (SSSR count). The summed E-state index contributed by atoms with van der Waals surface area (Å²) in [7, 11) is 0. The lowest BCUT2D eigenvalue weighted by atomic mass is 10.1. The number of ether oxygens (including phenoxy) is 2. The maximum atomic E-state index is 12.6. The zero-order valence-electron chi connectivity index (χ0n) is 15.4. The lowest BCUT2D eigenvalue weighted by Crippen LogP contribution is -2.14. The van der Waals surface area contributed by atoms with Crippen LogP contribution in [0.25, 0.3) is 0 Å². The molecular weight excluding hydrogens is 397 g/mol. The standard InChI is InChI=1S/C22H19Cl2NO3/c1-22(2)17(12-19(23)24)20(22)21(26)28-18(13-25)14-7-6-10-16(11-14)27-15-8-4-3-5-9-15/h3-12,17-18,20H,1-2H3/t17-,18?,20+/m1/s1. The Labute approximate surface area is 174 Å². The van der Waals surface area contributed by atoms with Gasteiger partial charge in [0, 0.05) is 5.56 Å². The highest BCUT2D eigenvalue weighted by Crippen LogP contribution is 2.60. The van der Waals surface area contributed by atoms with Crippen molar-refractivity contribution < 1.29 is 14.3 Å². The molecule has 4 nitrogen and oxygen atoms in total. The Morgan fingerprint density at radius 3 is 2.46 bits per heavy atom. The Bertz CT molecular complexity index is 930. The molecule has 0 saturated heterocycles. The number of esters is 1. The van der Waals surface area contributed by atoms with E-state index in [4.69, 9.17) is 32.7 Å². The molecule has 3 atom stereocenters. The van der Waals surface area contributed by atoms with Crippen molar-refractivity contribution >= 4 is 29.2 Å². The van der Waals surface area contributed by atoms with Crippen molar-refractivity contribution in [1.29, 1.82) is 5.26 Å². The maximum Gasteiger partial charge on any atom is 0.311 e. The Morgan fingerprint density at radius 1 is 1.14 bits per heavy atom. The number of halogens is 2. The average molecular weight is 416 g/mol. The predicted molar refractivity (Wildman–Crippen MR) is 108 cm³/mol. The summed E-state index contributed by atoms with van der Waals surface area (Å²) in [6, 6.07) is 18.3. The van der Waals surface area contributed by atoms with Crippen molar-refractivity contribution in [2.45, 2.75) is 20.0 Å². The molecule has 0 radical (unpaired) electrons.